The molecule has 0 bridgehead atoms. The predicted octanol–water partition coefficient (Wildman–Crippen LogP) is 2.91. The van der Waals surface area contributed by atoms with Crippen LogP contribution in [0.1, 0.15) is 45.1 Å². The molecule has 0 aromatic heterocycles. The van der Waals surface area contributed by atoms with E-state index in [1.807, 2.05) is 13.8 Å². The van der Waals surface area contributed by atoms with Gasteiger partial charge in [0.1, 0.15) is 5.82 Å². The van der Waals surface area contributed by atoms with Crippen LogP contribution in [0.15, 0.2) is 24.3 Å². The average molecular weight is 315 g/mol. The molecule has 1 aromatic carbocycles. The van der Waals surface area contributed by atoms with Crippen LogP contribution in [0, 0.1) is 5.82 Å². The van der Waals surface area contributed by atoms with Crippen LogP contribution in [0.4, 0.5) is 4.39 Å². The van der Waals surface area contributed by atoms with E-state index in [4.69, 9.17) is 5.73 Å². The standard InChI is InChI=1S/C16H23FN2O.ClH/c1-15(2,18)11-19-14(20)16(9-3-4-10-16)12-5-7-13(17)8-6-12;/h5-8H,3-4,9-11,18H2,1-2H3,(H,19,20);1H. The Hall–Kier alpha value is -1.13. The highest BCUT2D eigenvalue weighted by Gasteiger charge is 2.42. The van der Waals surface area contributed by atoms with Gasteiger partial charge in [0.15, 0.2) is 0 Å². The molecule has 2 rings (SSSR count). The highest BCUT2D eigenvalue weighted by molar-refractivity contribution is 5.88. The molecule has 5 heteroatoms. The third-order valence-corrected chi connectivity index (χ3v) is 3.99. The molecule has 3 nitrogen and oxygen atoms in total. The fraction of sp³-hybridized carbons (Fsp3) is 0.562. The van der Waals surface area contributed by atoms with Gasteiger partial charge < -0.3 is 11.1 Å². The van der Waals surface area contributed by atoms with Gasteiger partial charge in [-0.15, -0.1) is 12.4 Å². The second-order valence-corrected chi connectivity index (χ2v) is 6.47. The second kappa shape index (κ2) is 6.75. The molecule has 1 amide bonds. The summed E-state index contributed by atoms with van der Waals surface area (Å²) in [5.74, 6) is -0.259. The molecule has 0 heterocycles. The van der Waals surface area contributed by atoms with Gasteiger partial charge in [-0.25, -0.2) is 4.39 Å². The Kier molecular flexibility index (Phi) is 5.76. The number of carbonyl (C=O) groups is 1. The number of hydrogen-bond donors (Lipinski definition) is 2. The Labute approximate surface area is 131 Å². The number of halogens is 2. The van der Waals surface area contributed by atoms with E-state index in [1.165, 1.54) is 12.1 Å². The lowest BCUT2D eigenvalue weighted by molar-refractivity contribution is -0.126. The van der Waals surface area contributed by atoms with Gasteiger partial charge in [-0.3, -0.25) is 4.79 Å². The molecular weight excluding hydrogens is 291 g/mol. The summed E-state index contributed by atoms with van der Waals surface area (Å²) in [4.78, 5) is 12.6. The SMILES string of the molecule is CC(C)(N)CNC(=O)C1(c2ccc(F)cc2)CCCC1.Cl. The summed E-state index contributed by atoms with van der Waals surface area (Å²) in [6, 6.07) is 6.31. The lowest BCUT2D eigenvalue weighted by atomic mass is 9.78. The molecule has 1 aliphatic carbocycles. The maximum absolute atomic E-state index is 13.1. The predicted molar refractivity (Wildman–Crippen MR) is 85.1 cm³/mol. The third kappa shape index (κ3) is 4.17. The molecule has 0 atom stereocenters. The number of nitrogens with two attached hydrogens (primary N) is 1. The van der Waals surface area contributed by atoms with E-state index < -0.39 is 11.0 Å². The number of benzene rings is 1. The van der Waals surface area contributed by atoms with Crippen LogP contribution in [0.5, 0.6) is 0 Å². The van der Waals surface area contributed by atoms with Crippen molar-refractivity contribution in [2.75, 3.05) is 6.54 Å². The lowest BCUT2D eigenvalue weighted by Gasteiger charge is -2.30. The van der Waals surface area contributed by atoms with E-state index in [1.54, 1.807) is 12.1 Å². The van der Waals surface area contributed by atoms with Crippen molar-refractivity contribution in [1.82, 2.24) is 5.32 Å². The molecule has 1 fully saturated rings. The van der Waals surface area contributed by atoms with Gasteiger partial charge in [-0.05, 0) is 44.4 Å². The summed E-state index contributed by atoms with van der Waals surface area (Å²) >= 11 is 0. The maximum Gasteiger partial charge on any atom is 0.230 e. The highest BCUT2D eigenvalue weighted by atomic mass is 35.5. The summed E-state index contributed by atoms with van der Waals surface area (Å²) < 4.78 is 13.1. The van der Waals surface area contributed by atoms with E-state index in [-0.39, 0.29) is 24.1 Å². The van der Waals surface area contributed by atoms with Gasteiger partial charge >= 0.3 is 0 Å². The Morgan fingerprint density at radius 2 is 1.81 bits per heavy atom. The van der Waals surface area contributed by atoms with E-state index in [0.29, 0.717) is 6.54 Å². The Morgan fingerprint density at radius 1 is 1.29 bits per heavy atom. The number of nitrogens with one attached hydrogen (secondary N) is 1. The van der Waals surface area contributed by atoms with Crippen LogP contribution in [0.3, 0.4) is 0 Å². The van der Waals surface area contributed by atoms with Crippen molar-refractivity contribution < 1.29 is 9.18 Å². The monoisotopic (exact) mass is 314 g/mol. The third-order valence-electron chi connectivity index (χ3n) is 3.99. The van der Waals surface area contributed by atoms with Crippen LogP contribution in [-0.4, -0.2) is 18.0 Å². The van der Waals surface area contributed by atoms with Crippen LogP contribution in [0.2, 0.25) is 0 Å². The van der Waals surface area contributed by atoms with Crippen molar-refractivity contribution in [1.29, 1.82) is 0 Å². The maximum atomic E-state index is 13.1. The summed E-state index contributed by atoms with van der Waals surface area (Å²) in [6.45, 7) is 4.20. The first kappa shape index (κ1) is 17.9. The lowest BCUT2D eigenvalue weighted by Crippen LogP contribution is -2.50. The van der Waals surface area contributed by atoms with Crippen LogP contribution < -0.4 is 11.1 Å². The van der Waals surface area contributed by atoms with Crippen molar-refractivity contribution in [2.24, 2.45) is 5.73 Å². The average Bonchev–Trinajstić information content (AvgIpc) is 2.86. The summed E-state index contributed by atoms with van der Waals surface area (Å²) in [6.07, 6.45) is 3.68. The molecule has 0 saturated heterocycles. The molecule has 21 heavy (non-hydrogen) atoms. The Bertz CT molecular complexity index is 476. The summed E-state index contributed by atoms with van der Waals surface area (Å²) in [5, 5.41) is 2.96. The molecule has 0 aliphatic heterocycles. The van der Waals surface area contributed by atoms with Crippen molar-refractivity contribution in [3.8, 4) is 0 Å². The fourth-order valence-electron chi connectivity index (χ4n) is 2.87. The molecule has 0 unspecified atom stereocenters. The van der Waals surface area contributed by atoms with Crippen LogP contribution in [-0.2, 0) is 10.2 Å². The number of rotatable bonds is 4. The molecule has 118 valence electrons. The Morgan fingerprint density at radius 3 is 2.29 bits per heavy atom. The van der Waals surface area contributed by atoms with Crippen molar-refractivity contribution >= 4 is 18.3 Å². The summed E-state index contributed by atoms with van der Waals surface area (Å²) in [5.41, 5.74) is 5.88. The molecular formula is C16H24ClFN2O. The van der Waals surface area contributed by atoms with Gasteiger partial charge in [0.25, 0.3) is 0 Å². The minimum atomic E-state index is -0.515. The van der Waals surface area contributed by atoms with E-state index >= 15 is 0 Å². The van der Waals surface area contributed by atoms with Gasteiger partial charge in [-0.1, -0.05) is 25.0 Å². The molecule has 0 radical (unpaired) electrons. The molecule has 3 N–H and O–H groups in total. The minimum Gasteiger partial charge on any atom is -0.354 e. The molecule has 1 saturated carbocycles. The molecule has 1 aliphatic rings. The largest absolute Gasteiger partial charge is 0.354 e. The van der Waals surface area contributed by atoms with Crippen molar-refractivity contribution in [3.63, 3.8) is 0 Å². The van der Waals surface area contributed by atoms with Crippen LogP contribution >= 0.6 is 12.4 Å². The zero-order valence-corrected chi connectivity index (χ0v) is 13.4. The van der Waals surface area contributed by atoms with Crippen molar-refractivity contribution in [3.05, 3.63) is 35.6 Å². The van der Waals surface area contributed by atoms with E-state index in [0.717, 1.165) is 31.2 Å². The van der Waals surface area contributed by atoms with E-state index in [2.05, 4.69) is 5.32 Å². The topological polar surface area (TPSA) is 55.1 Å². The Balaban J connectivity index is 0.00000220. The second-order valence-electron chi connectivity index (χ2n) is 6.47. The van der Waals surface area contributed by atoms with Gasteiger partial charge in [0.2, 0.25) is 5.91 Å². The first-order valence-corrected chi connectivity index (χ1v) is 7.17. The normalized spacial score (nSPS) is 17.1. The van der Waals surface area contributed by atoms with Crippen LogP contribution in [0.25, 0.3) is 0 Å². The minimum absolute atomic E-state index is 0. The smallest absolute Gasteiger partial charge is 0.230 e. The quantitative estimate of drug-likeness (QED) is 0.898. The van der Waals surface area contributed by atoms with E-state index in [9.17, 15) is 9.18 Å². The first-order valence-electron chi connectivity index (χ1n) is 7.17. The summed E-state index contributed by atoms with van der Waals surface area (Å²) in [7, 11) is 0. The van der Waals surface area contributed by atoms with Crippen molar-refractivity contribution in [2.45, 2.75) is 50.5 Å². The number of hydrogen-bond acceptors (Lipinski definition) is 2. The first-order chi connectivity index (χ1) is 9.33. The number of carbonyl (C=O) groups excluding carboxylic acids is 1. The fourth-order valence-corrected chi connectivity index (χ4v) is 2.87. The molecule has 0 spiro atoms. The van der Waals surface area contributed by atoms with Gasteiger partial charge in [-0.2, -0.15) is 0 Å². The highest BCUT2D eigenvalue weighted by Crippen LogP contribution is 2.41. The number of amides is 1. The zero-order valence-electron chi connectivity index (χ0n) is 12.6. The van der Waals surface area contributed by atoms with Gasteiger partial charge in [0, 0.05) is 12.1 Å². The van der Waals surface area contributed by atoms with Gasteiger partial charge in [0.05, 0.1) is 5.41 Å². The zero-order chi connectivity index (χ0) is 14.8. The molecule has 1 aromatic rings.